The molecule has 0 saturated carbocycles. The van der Waals surface area contributed by atoms with Gasteiger partial charge in [-0.15, -0.1) is 4.36 Å². The fraction of sp³-hybridized carbons (Fsp3) is 0.429. The Morgan fingerprint density at radius 3 is 2.64 bits per heavy atom. The van der Waals surface area contributed by atoms with Crippen molar-refractivity contribution in [3.63, 3.8) is 0 Å². The number of rotatable bonds is 5. The van der Waals surface area contributed by atoms with E-state index >= 15 is 0 Å². The lowest BCUT2D eigenvalue weighted by molar-refractivity contribution is -0.126. The molecule has 0 bridgehead atoms. The number of aryl methyl sites for hydroxylation is 1. The van der Waals surface area contributed by atoms with Crippen LogP contribution in [-0.2, 0) is 21.7 Å². The number of nitrogens with one attached hydrogen (secondary N) is 1. The Labute approximate surface area is 137 Å². The van der Waals surface area contributed by atoms with E-state index in [2.05, 4.69) is 9.68 Å². The first kappa shape index (κ1) is 18.2. The summed E-state index contributed by atoms with van der Waals surface area (Å²) in [6.45, 7) is 4.26. The van der Waals surface area contributed by atoms with Gasteiger partial charge in [-0.25, -0.2) is 0 Å². The van der Waals surface area contributed by atoms with E-state index in [0.717, 1.165) is 12.0 Å². The van der Waals surface area contributed by atoms with Crippen molar-refractivity contribution in [2.75, 3.05) is 13.6 Å². The molecule has 120 valence electrons. The van der Waals surface area contributed by atoms with E-state index in [4.69, 9.17) is 12.2 Å². The van der Waals surface area contributed by atoms with Crippen LogP contribution in [0.25, 0.3) is 0 Å². The summed E-state index contributed by atoms with van der Waals surface area (Å²) in [4.78, 5) is 13.9. The van der Waals surface area contributed by atoms with Gasteiger partial charge in [-0.05, 0) is 42.8 Å². The summed E-state index contributed by atoms with van der Waals surface area (Å²) >= 11 is 5.13. The van der Waals surface area contributed by atoms with E-state index in [0.29, 0.717) is 22.9 Å². The summed E-state index contributed by atoms with van der Waals surface area (Å²) in [7, 11) is -0.848. The average Bonchev–Trinajstić information content (AvgIpc) is 2.46. The molecule has 1 aromatic carbocycles. The lowest BCUT2D eigenvalue weighted by Gasteiger charge is -2.22. The quantitative estimate of drug-likeness (QED) is 0.829. The Morgan fingerprint density at radius 1 is 1.41 bits per heavy atom. The first-order chi connectivity index (χ1) is 10.4. The van der Waals surface area contributed by atoms with Gasteiger partial charge in [0.2, 0.25) is 5.91 Å². The van der Waals surface area contributed by atoms with Crippen molar-refractivity contribution < 1.29 is 13.2 Å². The summed E-state index contributed by atoms with van der Waals surface area (Å²) < 4.78 is 24.9. The zero-order chi connectivity index (χ0) is 16.7. The van der Waals surface area contributed by atoms with Crippen LogP contribution in [0.15, 0.2) is 22.6 Å². The smallest absolute Gasteiger partial charge is 0.316 e. The molecule has 0 aliphatic rings. The first-order valence-corrected chi connectivity index (χ1v) is 8.25. The van der Waals surface area contributed by atoms with E-state index in [-0.39, 0.29) is 12.3 Å². The van der Waals surface area contributed by atoms with Crippen molar-refractivity contribution in [2.45, 2.75) is 26.7 Å². The highest BCUT2D eigenvalue weighted by molar-refractivity contribution is 7.80. The van der Waals surface area contributed by atoms with Crippen LogP contribution in [0, 0.1) is 6.92 Å². The molecular formula is C14H19N3O3S2. The van der Waals surface area contributed by atoms with Gasteiger partial charge in [0.1, 0.15) is 0 Å². The molecular weight excluding hydrogens is 322 g/mol. The number of thiocarbonyl (C=S) groups is 1. The van der Waals surface area contributed by atoms with E-state index in [1.54, 1.807) is 32.2 Å². The Kier molecular flexibility index (Phi) is 7.13. The standard InChI is InChI=1S/C14H19N3O3S2/c1-4-7-17(14(21)15-3)13(18)9-11-6-5-10(2)12(8-11)16-22(19)20/h5-6,8H,4,7,9H2,1-3H3,(H,15,21). The largest absolute Gasteiger partial charge is 0.365 e. The van der Waals surface area contributed by atoms with Crippen LogP contribution in [-0.4, -0.2) is 37.9 Å². The number of hydrogen-bond acceptors (Lipinski definition) is 5. The lowest BCUT2D eigenvalue weighted by Crippen LogP contribution is -2.43. The third kappa shape index (κ3) is 5.19. The maximum atomic E-state index is 12.4. The van der Waals surface area contributed by atoms with Gasteiger partial charge in [0.05, 0.1) is 12.1 Å². The molecule has 0 atom stereocenters. The van der Waals surface area contributed by atoms with Crippen molar-refractivity contribution in [1.82, 2.24) is 10.2 Å². The number of carbonyl (C=O) groups excluding carboxylic acids is 1. The Balaban J connectivity index is 3.00. The molecule has 1 amide bonds. The normalized spacial score (nSPS) is 9.95. The van der Waals surface area contributed by atoms with Crippen LogP contribution in [0.3, 0.4) is 0 Å². The van der Waals surface area contributed by atoms with Gasteiger partial charge in [-0.3, -0.25) is 9.69 Å². The third-order valence-electron chi connectivity index (χ3n) is 3.01. The fourth-order valence-electron chi connectivity index (χ4n) is 1.91. The van der Waals surface area contributed by atoms with Gasteiger partial charge in [-0.1, -0.05) is 19.1 Å². The van der Waals surface area contributed by atoms with E-state index in [1.165, 1.54) is 4.90 Å². The molecule has 0 spiro atoms. The molecule has 0 radical (unpaired) electrons. The molecule has 0 aliphatic heterocycles. The Hall–Kier alpha value is -1.80. The maximum Gasteiger partial charge on any atom is 0.316 e. The van der Waals surface area contributed by atoms with Gasteiger partial charge in [-0.2, -0.15) is 8.42 Å². The van der Waals surface area contributed by atoms with Crippen molar-refractivity contribution >= 4 is 39.4 Å². The topological polar surface area (TPSA) is 78.8 Å². The molecule has 1 N–H and O–H groups in total. The van der Waals surface area contributed by atoms with Crippen LogP contribution < -0.4 is 5.32 Å². The molecule has 1 aromatic rings. The molecule has 0 unspecified atom stereocenters. The minimum atomic E-state index is -2.52. The van der Waals surface area contributed by atoms with E-state index < -0.39 is 10.5 Å². The highest BCUT2D eigenvalue weighted by atomic mass is 32.2. The molecule has 6 nitrogen and oxygen atoms in total. The van der Waals surface area contributed by atoms with Gasteiger partial charge >= 0.3 is 10.5 Å². The maximum absolute atomic E-state index is 12.4. The predicted octanol–water partition coefficient (Wildman–Crippen LogP) is 1.97. The summed E-state index contributed by atoms with van der Waals surface area (Å²) in [5, 5.41) is 3.18. The number of nitrogens with zero attached hydrogens (tertiary/aromatic N) is 2. The zero-order valence-corrected chi connectivity index (χ0v) is 14.4. The monoisotopic (exact) mass is 341 g/mol. The summed E-state index contributed by atoms with van der Waals surface area (Å²) in [5.74, 6) is -0.140. The summed E-state index contributed by atoms with van der Waals surface area (Å²) in [5.41, 5.74) is 1.77. The highest BCUT2D eigenvalue weighted by Crippen LogP contribution is 2.20. The summed E-state index contributed by atoms with van der Waals surface area (Å²) in [6.07, 6.45) is 0.924. The van der Waals surface area contributed by atoms with Gasteiger partial charge in [0.25, 0.3) is 0 Å². The number of carbonyl (C=O) groups is 1. The van der Waals surface area contributed by atoms with Gasteiger partial charge in [0.15, 0.2) is 5.11 Å². The average molecular weight is 341 g/mol. The Morgan fingerprint density at radius 2 is 2.09 bits per heavy atom. The van der Waals surface area contributed by atoms with Crippen LogP contribution in [0.4, 0.5) is 5.69 Å². The lowest BCUT2D eigenvalue weighted by atomic mass is 10.1. The van der Waals surface area contributed by atoms with Crippen molar-refractivity contribution in [3.8, 4) is 0 Å². The summed E-state index contributed by atoms with van der Waals surface area (Å²) in [6, 6.07) is 5.14. The molecule has 0 aliphatic carbocycles. The molecule has 0 saturated heterocycles. The molecule has 8 heteroatoms. The molecule has 0 heterocycles. The molecule has 0 aromatic heterocycles. The van der Waals surface area contributed by atoms with E-state index in [9.17, 15) is 13.2 Å². The number of benzene rings is 1. The third-order valence-corrected chi connectivity index (χ3v) is 3.78. The second-order valence-corrected chi connectivity index (χ2v) is 5.71. The number of amides is 1. The van der Waals surface area contributed by atoms with Gasteiger partial charge < -0.3 is 5.32 Å². The van der Waals surface area contributed by atoms with Crippen LogP contribution in [0.2, 0.25) is 0 Å². The zero-order valence-electron chi connectivity index (χ0n) is 12.8. The SMILES string of the molecule is CCCN(C(=O)Cc1ccc(C)c(N=S(=O)=O)c1)C(=S)NC. The molecule has 1 rings (SSSR count). The van der Waals surface area contributed by atoms with Gasteiger partial charge in [0, 0.05) is 13.6 Å². The highest BCUT2D eigenvalue weighted by Gasteiger charge is 2.17. The van der Waals surface area contributed by atoms with Crippen molar-refractivity contribution in [1.29, 1.82) is 0 Å². The number of hydrogen-bond donors (Lipinski definition) is 1. The van der Waals surface area contributed by atoms with Crippen LogP contribution in [0.5, 0.6) is 0 Å². The minimum Gasteiger partial charge on any atom is -0.365 e. The van der Waals surface area contributed by atoms with Crippen molar-refractivity contribution in [2.24, 2.45) is 4.36 Å². The Bertz CT molecular complexity index is 691. The van der Waals surface area contributed by atoms with E-state index in [1.807, 2.05) is 6.92 Å². The second kappa shape index (κ2) is 8.60. The minimum absolute atomic E-state index is 0.135. The molecule has 22 heavy (non-hydrogen) atoms. The predicted molar refractivity (Wildman–Crippen MR) is 89.6 cm³/mol. The van der Waals surface area contributed by atoms with Crippen LogP contribution in [0.1, 0.15) is 24.5 Å². The van der Waals surface area contributed by atoms with Crippen LogP contribution >= 0.6 is 12.2 Å². The van der Waals surface area contributed by atoms with Crippen molar-refractivity contribution in [3.05, 3.63) is 29.3 Å². The molecule has 0 fully saturated rings. The first-order valence-electron chi connectivity index (χ1n) is 6.81. The fourth-order valence-corrected chi connectivity index (χ4v) is 2.46. The second-order valence-electron chi connectivity index (χ2n) is 4.71.